The fourth-order valence-electron chi connectivity index (χ4n) is 2.30. The van der Waals surface area contributed by atoms with E-state index >= 15 is 0 Å². The molecule has 3 heteroatoms. The molecule has 17 heavy (non-hydrogen) atoms. The number of hydrogen-bond acceptors (Lipinski definition) is 3. The minimum Gasteiger partial charge on any atom is -0.371 e. The monoisotopic (exact) mass is 233 g/mol. The van der Waals surface area contributed by atoms with Gasteiger partial charge in [0.1, 0.15) is 0 Å². The number of pyridine rings is 1. The number of hydrogen-bond donors (Lipinski definition) is 1. The lowest BCUT2D eigenvalue weighted by Gasteiger charge is -2.28. The van der Waals surface area contributed by atoms with Crippen LogP contribution in [0.1, 0.15) is 38.3 Å². The van der Waals surface area contributed by atoms with Gasteiger partial charge in [0.25, 0.3) is 0 Å². The maximum atomic E-state index is 4.42. The first-order valence-corrected chi connectivity index (χ1v) is 6.80. The maximum Gasteiger partial charge on any atom is 0.0562 e. The summed E-state index contributed by atoms with van der Waals surface area (Å²) in [5, 5.41) is 3.40. The second-order valence-electron chi connectivity index (χ2n) is 4.73. The molecule has 2 heterocycles. The van der Waals surface area contributed by atoms with E-state index in [-0.39, 0.29) is 0 Å². The predicted octanol–water partition coefficient (Wildman–Crippen LogP) is 2.57. The fraction of sp³-hybridized carbons (Fsp3) is 0.643. The Morgan fingerprint density at radius 1 is 1.29 bits per heavy atom. The average molecular weight is 233 g/mol. The SMILES string of the molecule is CCCNCc1cc(N2CCCCC2)ccn1. The second-order valence-corrected chi connectivity index (χ2v) is 4.73. The van der Waals surface area contributed by atoms with Gasteiger partial charge in [-0.15, -0.1) is 0 Å². The lowest BCUT2D eigenvalue weighted by Crippen LogP contribution is -2.29. The molecule has 0 atom stereocenters. The minimum atomic E-state index is 0.884. The summed E-state index contributed by atoms with van der Waals surface area (Å²) in [4.78, 5) is 6.90. The Hall–Kier alpha value is -1.09. The number of aromatic nitrogens is 1. The van der Waals surface area contributed by atoms with Crippen LogP contribution in [0.25, 0.3) is 0 Å². The fourth-order valence-corrected chi connectivity index (χ4v) is 2.30. The average Bonchev–Trinajstić information content (AvgIpc) is 2.41. The third-order valence-electron chi connectivity index (χ3n) is 3.25. The van der Waals surface area contributed by atoms with E-state index < -0.39 is 0 Å². The Kier molecular flexibility index (Phi) is 4.80. The molecular formula is C14H23N3. The van der Waals surface area contributed by atoms with E-state index in [2.05, 4.69) is 34.3 Å². The van der Waals surface area contributed by atoms with Gasteiger partial charge in [0.2, 0.25) is 0 Å². The molecule has 1 saturated heterocycles. The van der Waals surface area contributed by atoms with Crippen LogP contribution >= 0.6 is 0 Å². The molecule has 0 aromatic carbocycles. The summed E-state index contributed by atoms with van der Waals surface area (Å²) >= 11 is 0. The van der Waals surface area contributed by atoms with Crippen LogP contribution in [0.2, 0.25) is 0 Å². The van der Waals surface area contributed by atoms with E-state index in [1.54, 1.807) is 0 Å². The van der Waals surface area contributed by atoms with Crippen LogP contribution in [0.15, 0.2) is 18.3 Å². The molecule has 0 radical (unpaired) electrons. The first-order chi connectivity index (χ1) is 8.40. The van der Waals surface area contributed by atoms with Gasteiger partial charge >= 0.3 is 0 Å². The summed E-state index contributed by atoms with van der Waals surface area (Å²) in [7, 11) is 0. The third kappa shape index (κ3) is 3.70. The topological polar surface area (TPSA) is 28.2 Å². The number of nitrogens with zero attached hydrogens (tertiary/aromatic N) is 2. The highest BCUT2D eigenvalue weighted by atomic mass is 15.1. The summed E-state index contributed by atoms with van der Waals surface area (Å²) < 4.78 is 0. The molecule has 1 aromatic heterocycles. The molecule has 0 saturated carbocycles. The first kappa shape index (κ1) is 12.4. The molecule has 1 fully saturated rings. The molecule has 1 N–H and O–H groups in total. The molecule has 1 aliphatic rings. The summed E-state index contributed by atoms with van der Waals surface area (Å²) in [6, 6.07) is 4.36. The van der Waals surface area contributed by atoms with Gasteiger partial charge in [-0.25, -0.2) is 0 Å². The summed E-state index contributed by atoms with van der Waals surface area (Å²) in [5.74, 6) is 0. The molecule has 0 amide bonds. The van der Waals surface area contributed by atoms with Crippen LogP contribution in [0.3, 0.4) is 0 Å². The van der Waals surface area contributed by atoms with Crippen LogP contribution in [-0.4, -0.2) is 24.6 Å². The van der Waals surface area contributed by atoms with Gasteiger partial charge in [-0.3, -0.25) is 4.98 Å². The number of anilines is 1. The Balaban J connectivity index is 1.95. The quantitative estimate of drug-likeness (QED) is 0.792. The van der Waals surface area contributed by atoms with Gasteiger partial charge in [-0.2, -0.15) is 0 Å². The van der Waals surface area contributed by atoms with Crippen LogP contribution in [0, 0.1) is 0 Å². The van der Waals surface area contributed by atoms with Crippen LogP contribution in [-0.2, 0) is 6.54 Å². The van der Waals surface area contributed by atoms with E-state index in [0.717, 1.165) is 18.8 Å². The predicted molar refractivity (Wildman–Crippen MR) is 72.3 cm³/mol. The second kappa shape index (κ2) is 6.60. The van der Waals surface area contributed by atoms with Crippen LogP contribution in [0.5, 0.6) is 0 Å². The Morgan fingerprint density at radius 2 is 2.12 bits per heavy atom. The molecule has 0 bridgehead atoms. The zero-order chi connectivity index (χ0) is 11.9. The zero-order valence-electron chi connectivity index (χ0n) is 10.8. The van der Waals surface area contributed by atoms with Crippen molar-refractivity contribution >= 4 is 5.69 Å². The Bertz CT molecular complexity index is 332. The summed E-state index contributed by atoms with van der Waals surface area (Å²) in [6.07, 6.45) is 7.14. The van der Waals surface area contributed by atoms with Gasteiger partial charge < -0.3 is 10.2 Å². The molecule has 0 spiro atoms. The van der Waals surface area contributed by atoms with E-state index in [4.69, 9.17) is 0 Å². The van der Waals surface area contributed by atoms with Crippen molar-refractivity contribution in [2.45, 2.75) is 39.2 Å². The summed E-state index contributed by atoms with van der Waals surface area (Å²) in [6.45, 7) is 6.54. The molecular weight excluding hydrogens is 210 g/mol. The largest absolute Gasteiger partial charge is 0.371 e. The van der Waals surface area contributed by atoms with Gasteiger partial charge in [0.15, 0.2) is 0 Å². The minimum absolute atomic E-state index is 0.884. The highest BCUT2D eigenvalue weighted by molar-refractivity contribution is 5.46. The highest BCUT2D eigenvalue weighted by Gasteiger charge is 2.11. The van der Waals surface area contributed by atoms with Crippen LogP contribution < -0.4 is 10.2 Å². The van der Waals surface area contributed by atoms with Gasteiger partial charge in [-0.05, 0) is 44.4 Å². The Morgan fingerprint density at radius 3 is 2.88 bits per heavy atom. The Labute approximate surface area is 104 Å². The molecule has 1 aliphatic heterocycles. The van der Waals surface area contributed by atoms with E-state index in [1.807, 2.05) is 6.20 Å². The van der Waals surface area contributed by atoms with E-state index in [9.17, 15) is 0 Å². The van der Waals surface area contributed by atoms with Crippen LogP contribution in [0.4, 0.5) is 5.69 Å². The van der Waals surface area contributed by atoms with Crippen molar-refractivity contribution in [1.82, 2.24) is 10.3 Å². The van der Waals surface area contributed by atoms with Crippen molar-refractivity contribution in [1.29, 1.82) is 0 Å². The third-order valence-corrected chi connectivity index (χ3v) is 3.25. The molecule has 0 aliphatic carbocycles. The van der Waals surface area contributed by atoms with Crippen molar-refractivity contribution in [2.24, 2.45) is 0 Å². The van der Waals surface area contributed by atoms with E-state index in [1.165, 1.54) is 44.5 Å². The number of nitrogens with one attached hydrogen (secondary N) is 1. The van der Waals surface area contributed by atoms with Crippen molar-refractivity contribution in [3.63, 3.8) is 0 Å². The van der Waals surface area contributed by atoms with Gasteiger partial charge in [0, 0.05) is 31.5 Å². The standard InChI is InChI=1S/C14H23N3/c1-2-7-15-12-13-11-14(6-8-16-13)17-9-4-3-5-10-17/h6,8,11,15H,2-5,7,9-10,12H2,1H3. The molecule has 1 aromatic rings. The molecule has 2 rings (SSSR count). The smallest absolute Gasteiger partial charge is 0.0562 e. The lowest BCUT2D eigenvalue weighted by molar-refractivity contribution is 0.577. The maximum absolute atomic E-state index is 4.42. The van der Waals surface area contributed by atoms with Gasteiger partial charge in [-0.1, -0.05) is 6.92 Å². The van der Waals surface area contributed by atoms with Crippen molar-refractivity contribution in [3.05, 3.63) is 24.0 Å². The molecule has 94 valence electrons. The number of piperidine rings is 1. The van der Waals surface area contributed by atoms with E-state index in [0.29, 0.717) is 0 Å². The zero-order valence-corrected chi connectivity index (χ0v) is 10.8. The normalized spacial score (nSPS) is 16.2. The first-order valence-electron chi connectivity index (χ1n) is 6.80. The van der Waals surface area contributed by atoms with Crippen molar-refractivity contribution in [2.75, 3.05) is 24.5 Å². The van der Waals surface area contributed by atoms with Crippen molar-refractivity contribution in [3.8, 4) is 0 Å². The van der Waals surface area contributed by atoms with Crippen molar-refractivity contribution < 1.29 is 0 Å². The number of rotatable bonds is 5. The van der Waals surface area contributed by atoms with Gasteiger partial charge in [0.05, 0.1) is 5.69 Å². The molecule has 0 unspecified atom stereocenters. The highest BCUT2D eigenvalue weighted by Crippen LogP contribution is 2.19. The lowest BCUT2D eigenvalue weighted by atomic mass is 10.1. The summed E-state index contributed by atoms with van der Waals surface area (Å²) in [5.41, 5.74) is 2.49. The molecule has 3 nitrogen and oxygen atoms in total.